The zero-order valence-electron chi connectivity index (χ0n) is 19.3. The summed E-state index contributed by atoms with van der Waals surface area (Å²) >= 11 is 19.6. The maximum Gasteiger partial charge on any atom is 0.243 e. The lowest BCUT2D eigenvalue weighted by molar-refractivity contribution is 1.30. The van der Waals surface area contributed by atoms with Gasteiger partial charge >= 0.3 is 0 Å². The number of hydrogen-bond acceptors (Lipinski definition) is 0. The van der Waals surface area contributed by atoms with Gasteiger partial charge in [0.1, 0.15) is 0 Å². The van der Waals surface area contributed by atoms with Gasteiger partial charge in [0.25, 0.3) is 0 Å². The van der Waals surface area contributed by atoms with Crippen LogP contribution in [0.4, 0.5) is 0 Å². The molecule has 0 saturated carbocycles. The van der Waals surface area contributed by atoms with E-state index in [0.717, 1.165) is 0 Å². The highest BCUT2D eigenvalue weighted by atomic mass is 35.5. The quantitative estimate of drug-likeness (QED) is 0.294. The van der Waals surface area contributed by atoms with Gasteiger partial charge in [-0.05, 0) is 58.2 Å². The molecule has 0 aromatic heterocycles. The fourth-order valence-corrected chi connectivity index (χ4v) is 5.87. The van der Waals surface area contributed by atoms with Crippen LogP contribution >= 0.6 is 34.8 Å². The third kappa shape index (κ3) is 4.85. The molecule has 0 spiro atoms. The van der Waals surface area contributed by atoms with Gasteiger partial charge in [0.15, 0.2) is 0 Å². The summed E-state index contributed by atoms with van der Waals surface area (Å²) in [6.45, 7) is 13.0. The van der Waals surface area contributed by atoms with Crippen LogP contribution < -0.4 is 16.4 Å². The van der Waals surface area contributed by atoms with E-state index in [2.05, 4.69) is 77.9 Å². The van der Waals surface area contributed by atoms with Crippen molar-refractivity contribution in [3.8, 4) is 0 Å². The van der Waals surface area contributed by atoms with Crippen molar-refractivity contribution in [3.05, 3.63) is 86.5 Å². The molecule has 31 heavy (non-hydrogen) atoms. The van der Waals surface area contributed by atoms with E-state index in [4.69, 9.17) is 34.8 Å². The first-order valence-electron chi connectivity index (χ1n) is 10.7. The van der Waals surface area contributed by atoms with E-state index in [1.807, 2.05) is 0 Å². The molecule has 3 aromatic rings. The van der Waals surface area contributed by atoms with Crippen molar-refractivity contribution < 1.29 is 0 Å². The number of alkyl halides is 3. The molecule has 0 radical (unpaired) electrons. The predicted molar refractivity (Wildman–Crippen MR) is 141 cm³/mol. The average molecular weight is 472 g/mol. The maximum absolute atomic E-state index is 6.52. The maximum atomic E-state index is 6.52. The second-order valence-corrected chi connectivity index (χ2v) is 9.60. The van der Waals surface area contributed by atoms with Crippen molar-refractivity contribution >= 4 is 57.9 Å². The molecule has 0 nitrogen and oxygen atoms in total. The highest BCUT2D eigenvalue weighted by Gasteiger charge is 2.32. The molecule has 162 valence electrons. The van der Waals surface area contributed by atoms with Gasteiger partial charge < -0.3 is 0 Å². The molecule has 0 unspecified atom stereocenters. The Morgan fingerprint density at radius 2 is 0.742 bits per heavy atom. The van der Waals surface area contributed by atoms with E-state index < -0.39 is 0 Å². The standard InChI is InChI=1S/C27H30BCl3/c1-16-7-19(4)25(22(10-16)13-29)28(26-20(5)8-17(2)11-23(26)14-30)27-21(6)9-18(3)12-24(27)15-31/h7-12H,13-15H2,1-6H3. The van der Waals surface area contributed by atoms with Gasteiger partial charge in [0, 0.05) is 17.6 Å². The molecule has 0 aliphatic heterocycles. The van der Waals surface area contributed by atoms with Gasteiger partial charge in [-0.2, -0.15) is 0 Å². The van der Waals surface area contributed by atoms with Gasteiger partial charge in [-0.15, -0.1) is 34.8 Å². The normalized spacial score (nSPS) is 11.1. The fraction of sp³-hybridized carbons (Fsp3) is 0.333. The Bertz CT molecular complexity index is 977. The third-order valence-corrected chi connectivity index (χ3v) is 7.01. The molecular formula is C27H30BCl3. The Morgan fingerprint density at radius 3 is 0.968 bits per heavy atom. The lowest BCUT2D eigenvalue weighted by atomic mass is 9.33. The molecule has 3 rings (SSSR count). The lowest BCUT2D eigenvalue weighted by Crippen LogP contribution is -2.58. The highest BCUT2D eigenvalue weighted by molar-refractivity contribution is 6.97. The summed E-state index contributed by atoms with van der Waals surface area (Å²) in [6.07, 6.45) is 0. The minimum Gasteiger partial charge on any atom is -0.122 e. The largest absolute Gasteiger partial charge is 0.243 e. The van der Waals surface area contributed by atoms with Gasteiger partial charge in [-0.25, -0.2) is 0 Å². The molecule has 0 heterocycles. The Balaban J connectivity index is 2.51. The van der Waals surface area contributed by atoms with Crippen molar-refractivity contribution in [2.75, 3.05) is 0 Å². The van der Waals surface area contributed by atoms with Crippen LogP contribution in [0.15, 0.2) is 36.4 Å². The van der Waals surface area contributed by atoms with E-state index in [0.29, 0.717) is 17.6 Å². The first-order valence-corrected chi connectivity index (χ1v) is 12.3. The van der Waals surface area contributed by atoms with Gasteiger partial charge in [0.05, 0.1) is 0 Å². The summed E-state index contributed by atoms with van der Waals surface area (Å²) in [5, 5.41) is 0. The molecule has 0 amide bonds. The van der Waals surface area contributed by atoms with Crippen LogP contribution in [0.2, 0.25) is 0 Å². The van der Waals surface area contributed by atoms with Crippen molar-refractivity contribution in [2.45, 2.75) is 59.2 Å². The zero-order chi connectivity index (χ0) is 22.9. The minimum absolute atomic E-state index is 0.0260. The third-order valence-electron chi connectivity index (χ3n) is 6.15. The van der Waals surface area contributed by atoms with E-state index in [-0.39, 0.29) is 6.71 Å². The molecule has 3 aromatic carbocycles. The molecule has 0 fully saturated rings. The van der Waals surface area contributed by atoms with Crippen molar-refractivity contribution in [2.24, 2.45) is 0 Å². The van der Waals surface area contributed by atoms with E-state index in [1.54, 1.807) is 0 Å². The lowest BCUT2D eigenvalue weighted by Gasteiger charge is -2.28. The Hall–Kier alpha value is -1.41. The molecular weight excluding hydrogens is 441 g/mol. The smallest absolute Gasteiger partial charge is 0.122 e. The van der Waals surface area contributed by atoms with Crippen molar-refractivity contribution in [3.63, 3.8) is 0 Å². The first-order chi connectivity index (χ1) is 14.7. The van der Waals surface area contributed by atoms with E-state index in [9.17, 15) is 0 Å². The number of rotatable bonds is 6. The van der Waals surface area contributed by atoms with Crippen LogP contribution in [0.5, 0.6) is 0 Å². The molecule has 0 N–H and O–H groups in total. The minimum atomic E-state index is 0.0260. The second-order valence-electron chi connectivity index (χ2n) is 8.80. The summed E-state index contributed by atoms with van der Waals surface area (Å²) in [5.41, 5.74) is 14.8. The predicted octanol–water partition coefficient (Wildman–Crippen LogP) is 6.27. The van der Waals surface area contributed by atoms with Crippen LogP contribution in [0.1, 0.15) is 50.1 Å². The van der Waals surface area contributed by atoms with Crippen LogP contribution in [-0.4, -0.2) is 6.71 Å². The molecule has 0 aliphatic rings. The average Bonchev–Trinajstić information content (AvgIpc) is 2.70. The number of hydrogen-bond donors (Lipinski definition) is 0. The van der Waals surface area contributed by atoms with Crippen LogP contribution in [0.3, 0.4) is 0 Å². The van der Waals surface area contributed by atoms with Gasteiger partial charge in [-0.3, -0.25) is 0 Å². The molecule has 0 aliphatic carbocycles. The molecule has 0 atom stereocenters. The summed E-state index contributed by atoms with van der Waals surface area (Å²) in [4.78, 5) is 0. The van der Waals surface area contributed by atoms with Crippen LogP contribution in [0.25, 0.3) is 0 Å². The summed E-state index contributed by atoms with van der Waals surface area (Å²) in [7, 11) is 0. The highest BCUT2D eigenvalue weighted by Crippen LogP contribution is 2.19. The molecule has 0 bridgehead atoms. The molecule has 4 heteroatoms. The SMILES string of the molecule is Cc1cc(C)c(B(c2c(C)cc(C)cc2CCl)c2c(C)cc(C)cc2CCl)c(CCl)c1. The van der Waals surface area contributed by atoms with Crippen molar-refractivity contribution in [1.82, 2.24) is 0 Å². The van der Waals surface area contributed by atoms with Gasteiger partial charge in [0.2, 0.25) is 6.71 Å². The number of benzene rings is 3. The van der Waals surface area contributed by atoms with Crippen LogP contribution in [0, 0.1) is 41.5 Å². The molecule has 0 saturated heterocycles. The number of halogens is 3. The van der Waals surface area contributed by atoms with E-state index >= 15 is 0 Å². The van der Waals surface area contributed by atoms with Gasteiger partial charge in [-0.1, -0.05) is 86.2 Å². The fourth-order valence-electron chi connectivity index (χ4n) is 5.20. The summed E-state index contributed by atoms with van der Waals surface area (Å²) in [6, 6.07) is 13.4. The zero-order valence-corrected chi connectivity index (χ0v) is 21.6. The Morgan fingerprint density at radius 1 is 0.484 bits per heavy atom. The Kier molecular flexibility index (Phi) is 7.84. The summed E-state index contributed by atoms with van der Waals surface area (Å²) in [5.74, 6) is 1.41. The first kappa shape index (κ1) is 24.2. The van der Waals surface area contributed by atoms with E-state index in [1.165, 1.54) is 66.5 Å². The second kappa shape index (κ2) is 10.0. The topological polar surface area (TPSA) is 0 Å². The monoisotopic (exact) mass is 470 g/mol. The Labute approximate surface area is 203 Å². The van der Waals surface area contributed by atoms with Crippen molar-refractivity contribution in [1.29, 1.82) is 0 Å². The summed E-state index contributed by atoms with van der Waals surface area (Å²) < 4.78 is 0. The van der Waals surface area contributed by atoms with Crippen LogP contribution in [-0.2, 0) is 17.6 Å². The number of aryl methyl sites for hydroxylation is 6.